The molecule has 4 aliphatic heterocycles. The first-order valence-corrected chi connectivity index (χ1v) is 11.7. The van der Waals surface area contributed by atoms with Gasteiger partial charge in [-0.3, -0.25) is 9.69 Å². The number of carbonyl (C=O) groups is 1. The van der Waals surface area contributed by atoms with Crippen molar-refractivity contribution >= 4 is 5.91 Å². The zero-order chi connectivity index (χ0) is 20.5. The van der Waals surface area contributed by atoms with Crippen molar-refractivity contribution < 1.29 is 14.3 Å². The molecule has 4 heterocycles. The largest absolute Gasteiger partial charge is 0.493 e. The Bertz CT molecular complexity index is 743. The summed E-state index contributed by atoms with van der Waals surface area (Å²) < 4.78 is 11.7. The van der Waals surface area contributed by atoms with Crippen molar-refractivity contribution in [3.05, 3.63) is 29.8 Å². The number of nitrogens with zero attached hydrogens (tertiary/aromatic N) is 2. The minimum atomic E-state index is 0.00264. The molecule has 0 unspecified atom stereocenters. The van der Waals surface area contributed by atoms with E-state index in [0.717, 1.165) is 70.8 Å². The highest BCUT2D eigenvalue weighted by atomic mass is 16.5. The van der Waals surface area contributed by atoms with Crippen molar-refractivity contribution in [2.45, 2.75) is 37.8 Å². The highest BCUT2D eigenvalue weighted by molar-refractivity contribution is 5.80. The molecule has 3 fully saturated rings. The lowest BCUT2D eigenvalue weighted by Gasteiger charge is -2.36. The molecule has 6 heteroatoms. The van der Waals surface area contributed by atoms with Crippen LogP contribution in [0.2, 0.25) is 0 Å². The van der Waals surface area contributed by atoms with Crippen LogP contribution in [0.3, 0.4) is 0 Å². The van der Waals surface area contributed by atoms with E-state index in [1.165, 1.54) is 5.56 Å². The number of piperidine rings is 1. The van der Waals surface area contributed by atoms with Crippen molar-refractivity contribution in [3.63, 3.8) is 0 Å². The van der Waals surface area contributed by atoms with Crippen molar-refractivity contribution in [1.29, 1.82) is 0 Å². The Morgan fingerprint density at radius 1 is 1.13 bits per heavy atom. The van der Waals surface area contributed by atoms with Crippen molar-refractivity contribution in [2.24, 2.45) is 17.8 Å². The molecule has 6 nitrogen and oxygen atoms in total. The standard InChI is InChI=1S/C24H35N3O3/c1-26-10-6-18(7-11-26)25-24(28)20-15-27(14-17-8-12-29-13-9-17)23-19-4-2-3-5-22(19)30-16-21(20)23/h2-5,17-18,20-21,23H,6-16H2,1H3,(H,25,28)/t20-,21+,23+/m1/s1. The SMILES string of the molecule is CN1CCC(NC(=O)[C@@H]2CN(CC3CCOCC3)[C@H]3c4ccccc4OC[C@@H]23)CC1. The van der Waals surface area contributed by atoms with Gasteiger partial charge >= 0.3 is 0 Å². The fraction of sp³-hybridized carbons (Fsp3) is 0.708. The second-order valence-electron chi connectivity index (χ2n) is 9.66. The van der Waals surface area contributed by atoms with Gasteiger partial charge in [0.2, 0.25) is 5.91 Å². The number of hydrogen-bond donors (Lipinski definition) is 1. The number of fused-ring (bicyclic) bond motifs is 3. The summed E-state index contributed by atoms with van der Waals surface area (Å²) in [6.45, 7) is 6.39. The Kier molecular flexibility index (Phi) is 5.98. The molecule has 5 rings (SSSR count). The molecule has 0 spiro atoms. The maximum atomic E-state index is 13.4. The number of para-hydroxylation sites is 1. The van der Waals surface area contributed by atoms with Crippen LogP contribution < -0.4 is 10.1 Å². The monoisotopic (exact) mass is 413 g/mol. The summed E-state index contributed by atoms with van der Waals surface area (Å²) in [4.78, 5) is 18.3. The van der Waals surface area contributed by atoms with Crippen LogP contribution in [0.25, 0.3) is 0 Å². The third-order valence-corrected chi connectivity index (χ3v) is 7.65. The van der Waals surface area contributed by atoms with Crippen LogP contribution in [0, 0.1) is 17.8 Å². The van der Waals surface area contributed by atoms with Crippen molar-refractivity contribution in [1.82, 2.24) is 15.1 Å². The quantitative estimate of drug-likeness (QED) is 0.821. The van der Waals surface area contributed by atoms with E-state index in [1.54, 1.807) is 0 Å². The molecule has 0 bridgehead atoms. The first-order chi connectivity index (χ1) is 14.7. The molecule has 0 radical (unpaired) electrons. The number of benzene rings is 1. The van der Waals surface area contributed by atoms with Gasteiger partial charge in [-0.25, -0.2) is 0 Å². The molecule has 0 saturated carbocycles. The molecule has 3 atom stereocenters. The van der Waals surface area contributed by atoms with Crippen LogP contribution in [0.5, 0.6) is 5.75 Å². The molecule has 1 aromatic carbocycles. The summed E-state index contributed by atoms with van der Waals surface area (Å²) in [5, 5.41) is 3.39. The van der Waals surface area contributed by atoms with E-state index in [-0.39, 0.29) is 23.8 Å². The maximum Gasteiger partial charge on any atom is 0.225 e. The second kappa shape index (κ2) is 8.85. The van der Waals surface area contributed by atoms with Gasteiger partial charge in [0.15, 0.2) is 0 Å². The molecule has 1 N–H and O–H groups in total. The molecular weight excluding hydrogens is 378 g/mol. The van der Waals surface area contributed by atoms with Crippen molar-refractivity contribution in [3.8, 4) is 5.75 Å². The molecule has 1 amide bonds. The van der Waals surface area contributed by atoms with Crippen LogP contribution in [0.15, 0.2) is 24.3 Å². The number of rotatable bonds is 4. The van der Waals surface area contributed by atoms with Gasteiger partial charge in [-0.2, -0.15) is 0 Å². The topological polar surface area (TPSA) is 54.0 Å². The third kappa shape index (κ3) is 4.10. The number of likely N-dealkylation sites (tertiary alicyclic amines) is 2. The molecule has 4 aliphatic rings. The molecule has 0 aliphatic carbocycles. The number of amides is 1. The molecule has 30 heavy (non-hydrogen) atoms. The van der Waals surface area contributed by atoms with E-state index >= 15 is 0 Å². The van der Waals surface area contributed by atoms with E-state index in [2.05, 4.69) is 40.4 Å². The smallest absolute Gasteiger partial charge is 0.225 e. The lowest BCUT2D eigenvalue weighted by molar-refractivity contribution is -0.127. The van der Waals surface area contributed by atoms with Crippen LogP contribution in [0.1, 0.15) is 37.3 Å². The Morgan fingerprint density at radius 3 is 2.70 bits per heavy atom. The third-order valence-electron chi connectivity index (χ3n) is 7.65. The fourth-order valence-corrected chi connectivity index (χ4v) is 5.86. The normalized spacial score (nSPS) is 31.0. The van der Waals surface area contributed by atoms with Gasteiger partial charge in [-0.05, 0) is 57.8 Å². The van der Waals surface area contributed by atoms with E-state index in [1.807, 2.05) is 6.07 Å². The van der Waals surface area contributed by atoms with Gasteiger partial charge in [0, 0.05) is 49.9 Å². The van der Waals surface area contributed by atoms with Gasteiger partial charge in [0.25, 0.3) is 0 Å². The van der Waals surface area contributed by atoms with Crippen LogP contribution in [0.4, 0.5) is 0 Å². The molecule has 3 saturated heterocycles. The van der Waals surface area contributed by atoms with Crippen LogP contribution in [-0.2, 0) is 9.53 Å². The Hall–Kier alpha value is -1.63. The number of hydrogen-bond acceptors (Lipinski definition) is 5. The van der Waals surface area contributed by atoms with E-state index < -0.39 is 0 Å². The lowest BCUT2D eigenvalue weighted by atomic mass is 9.84. The highest BCUT2D eigenvalue weighted by Gasteiger charge is 2.49. The summed E-state index contributed by atoms with van der Waals surface area (Å²) in [6.07, 6.45) is 4.35. The summed E-state index contributed by atoms with van der Waals surface area (Å²) >= 11 is 0. The Labute approximate surface area is 179 Å². The summed E-state index contributed by atoms with van der Waals surface area (Å²) in [5.74, 6) is 2.11. The lowest BCUT2D eigenvalue weighted by Crippen LogP contribution is -2.47. The Morgan fingerprint density at radius 2 is 1.90 bits per heavy atom. The molecule has 164 valence electrons. The average Bonchev–Trinajstić information content (AvgIpc) is 3.15. The number of ether oxygens (including phenoxy) is 2. The zero-order valence-electron chi connectivity index (χ0n) is 18.1. The fourth-order valence-electron chi connectivity index (χ4n) is 5.86. The minimum absolute atomic E-state index is 0.00264. The minimum Gasteiger partial charge on any atom is -0.493 e. The van der Waals surface area contributed by atoms with Gasteiger partial charge < -0.3 is 19.7 Å². The Balaban J connectivity index is 1.33. The predicted octanol–water partition coefficient (Wildman–Crippen LogP) is 2.31. The summed E-state index contributed by atoms with van der Waals surface area (Å²) in [6, 6.07) is 9.01. The van der Waals surface area contributed by atoms with Gasteiger partial charge in [-0.15, -0.1) is 0 Å². The summed E-state index contributed by atoms with van der Waals surface area (Å²) in [7, 11) is 2.16. The highest BCUT2D eigenvalue weighted by Crippen LogP contribution is 2.47. The van der Waals surface area contributed by atoms with Crippen LogP contribution >= 0.6 is 0 Å². The van der Waals surface area contributed by atoms with E-state index in [9.17, 15) is 4.79 Å². The molecular formula is C24H35N3O3. The number of carbonyl (C=O) groups excluding carboxylic acids is 1. The van der Waals surface area contributed by atoms with Gasteiger partial charge in [-0.1, -0.05) is 18.2 Å². The first kappa shape index (κ1) is 20.3. The predicted molar refractivity (Wildman–Crippen MR) is 115 cm³/mol. The van der Waals surface area contributed by atoms with Crippen molar-refractivity contribution in [2.75, 3.05) is 53.0 Å². The molecule has 0 aromatic heterocycles. The number of nitrogens with one attached hydrogen (secondary N) is 1. The molecule has 1 aromatic rings. The van der Waals surface area contributed by atoms with Gasteiger partial charge in [0.1, 0.15) is 5.75 Å². The van der Waals surface area contributed by atoms with E-state index in [0.29, 0.717) is 18.6 Å². The second-order valence-corrected chi connectivity index (χ2v) is 9.66. The van der Waals surface area contributed by atoms with Crippen LogP contribution in [-0.4, -0.2) is 74.8 Å². The van der Waals surface area contributed by atoms with Gasteiger partial charge in [0.05, 0.1) is 12.5 Å². The maximum absolute atomic E-state index is 13.4. The average molecular weight is 414 g/mol. The zero-order valence-corrected chi connectivity index (χ0v) is 18.1. The summed E-state index contributed by atoms with van der Waals surface area (Å²) in [5.41, 5.74) is 1.26. The first-order valence-electron chi connectivity index (χ1n) is 11.7. The van der Waals surface area contributed by atoms with E-state index in [4.69, 9.17) is 9.47 Å².